The molecule has 2 heterocycles. The number of aromatic nitrogens is 1. The smallest absolute Gasteiger partial charge is 0.239 e. The molecule has 3 rings (SSSR count). The molecule has 1 saturated heterocycles. The van der Waals surface area contributed by atoms with Crippen LogP contribution in [0.5, 0.6) is 0 Å². The molecule has 4 nitrogen and oxygen atoms in total. The number of thiazole rings is 1. The van der Waals surface area contributed by atoms with Crippen LogP contribution in [0.15, 0.2) is 18.2 Å². The molecule has 0 atom stereocenters. The van der Waals surface area contributed by atoms with Crippen molar-refractivity contribution in [1.29, 1.82) is 0 Å². The number of anilines is 1. The van der Waals surface area contributed by atoms with Crippen LogP contribution >= 0.6 is 11.3 Å². The summed E-state index contributed by atoms with van der Waals surface area (Å²) in [6.07, 6.45) is 0. The van der Waals surface area contributed by atoms with E-state index in [-0.39, 0.29) is 5.91 Å². The van der Waals surface area contributed by atoms with Gasteiger partial charge < -0.3 is 10.2 Å². The predicted molar refractivity (Wildman–Crippen MR) is 69.6 cm³/mol. The van der Waals surface area contributed by atoms with E-state index >= 15 is 0 Å². The number of carbonyl (C=O) groups is 1. The van der Waals surface area contributed by atoms with E-state index in [2.05, 4.69) is 29.4 Å². The van der Waals surface area contributed by atoms with Gasteiger partial charge in [0, 0.05) is 13.1 Å². The molecule has 1 amide bonds. The van der Waals surface area contributed by atoms with Crippen molar-refractivity contribution in [2.75, 3.05) is 24.5 Å². The molecule has 1 fully saturated rings. The van der Waals surface area contributed by atoms with Crippen molar-refractivity contribution in [3.05, 3.63) is 23.8 Å². The van der Waals surface area contributed by atoms with Crippen molar-refractivity contribution in [2.45, 2.75) is 6.92 Å². The highest BCUT2D eigenvalue weighted by molar-refractivity contribution is 7.22. The van der Waals surface area contributed by atoms with Crippen LogP contribution in [0.2, 0.25) is 0 Å². The van der Waals surface area contributed by atoms with Gasteiger partial charge in [0.25, 0.3) is 0 Å². The normalized spacial score (nSPS) is 16.3. The number of benzene rings is 1. The standard InChI is InChI=1S/C12H13N3OS/c1-8-2-3-9-10(6-8)17-12(14-9)15-5-4-13-11(16)7-15/h2-3,6H,4-5,7H2,1H3,(H,13,16). The number of amides is 1. The second-order valence-electron chi connectivity index (χ2n) is 4.24. The third-order valence-corrected chi connectivity index (χ3v) is 3.92. The molecule has 0 unspecified atom stereocenters. The lowest BCUT2D eigenvalue weighted by Crippen LogP contribution is -2.47. The Kier molecular flexibility index (Phi) is 2.48. The van der Waals surface area contributed by atoms with Gasteiger partial charge in [0.15, 0.2) is 5.13 Å². The molecule has 0 spiro atoms. The van der Waals surface area contributed by atoms with Gasteiger partial charge in [-0.05, 0) is 24.6 Å². The molecule has 1 aliphatic rings. The summed E-state index contributed by atoms with van der Waals surface area (Å²) in [6, 6.07) is 6.24. The minimum Gasteiger partial charge on any atom is -0.353 e. The monoisotopic (exact) mass is 247 g/mol. The van der Waals surface area contributed by atoms with Gasteiger partial charge >= 0.3 is 0 Å². The summed E-state index contributed by atoms with van der Waals surface area (Å²) in [7, 11) is 0. The molecule has 0 saturated carbocycles. The molecule has 0 aliphatic carbocycles. The predicted octanol–water partition coefficient (Wildman–Crippen LogP) is 1.54. The Balaban J connectivity index is 1.97. The summed E-state index contributed by atoms with van der Waals surface area (Å²) in [5, 5.41) is 3.77. The maximum atomic E-state index is 11.3. The van der Waals surface area contributed by atoms with Crippen LogP contribution in [0.4, 0.5) is 5.13 Å². The second kappa shape index (κ2) is 4.00. The molecule has 2 aromatic rings. The van der Waals surface area contributed by atoms with Crippen LogP contribution in [-0.4, -0.2) is 30.5 Å². The van der Waals surface area contributed by atoms with Crippen molar-refractivity contribution in [3.8, 4) is 0 Å². The van der Waals surface area contributed by atoms with E-state index in [0.717, 1.165) is 17.2 Å². The third-order valence-electron chi connectivity index (χ3n) is 2.84. The molecular weight excluding hydrogens is 234 g/mol. The number of hydrogen-bond donors (Lipinski definition) is 1. The number of aryl methyl sites for hydroxylation is 1. The Labute approximate surface area is 103 Å². The largest absolute Gasteiger partial charge is 0.353 e. The molecule has 0 bridgehead atoms. The van der Waals surface area contributed by atoms with Crippen molar-refractivity contribution >= 4 is 32.6 Å². The molecule has 1 aromatic heterocycles. The topological polar surface area (TPSA) is 45.2 Å². The first kappa shape index (κ1) is 10.5. The highest BCUT2D eigenvalue weighted by Crippen LogP contribution is 2.29. The van der Waals surface area contributed by atoms with Crippen molar-refractivity contribution in [1.82, 2.24) is 10.3 Å². The maximum absolute atomic E-state index is 11.3. The minimum absolute atomic E-state index is 0.0756. The maximum Gasteiger partial charge on any atom is 0.239 e. The van der Waals surface area contributed by atoms with E-state index in [1.54, 1.807) is 11.3 Å². The van der Waals surface area contributed by atoms with E-state index in [4.69, 9.17) is 0 Å². The van der Waals surface area contributed by atoms with Crippen LogP contribution in [0.3, 0.4) is 0 Å². The molecule has 1 aliphatic heterocycles. The average Bonchev–Trinajstić information content (AvgIpc) is 2.72. The first-order chi connectivity index (χ1) is 8.22. The number of fused-ring (bicyclic) bond motifs is 1. The summed E-state index contributed by atoms with van der Waals surface area (Å²) < 4.78 is 1.19. The summed E-state index contributed by atoms with van der Waals surface area (Å²) >= 11 is 1.65. The highest BCUT2D eigenvalue weighted by Gasteiger charge is 2.19. The van der Waals surface area contributed by atoms with Gasteiger partial charge in [0.2, 0.25) is 5.91 Å². The number of rotatable bonds is 1. The SMILES string of the molecule is Cc1ccc2nc(N3CCNC(=O)C3)sc2c1. The zero-order valence-corrected chi connectivity index (χ0v) is 10.4. The van der Waals surface area contributed by atoms with Crippen LogP contribution in [0.25, 0.3) is 10.2 Å². The van der Waals surface area contributed by atoms with Gasteiger partial charge in [-0.1, -0.05) is 17.4 Å². The van der Waals surface area contributed by atoms with Crippen molar-refractivity contribution in [3.63, 3.8) is 0 Å². The molecular formula is C12H13N3OS. The van der Waals surface area contributed by atoms with Crippen molar-refractivity contribution in [2.24, 2.45) is 0 Å². The first-order valence-electron chi connectivity index (χ1n) is 5.61. The average molecular weight is 247 g/mol. The van der Waals surface area contributed by atoms with Gasteiger partial charge in [-0.15, -0.1) is 0 Å². The number of hydrogen-bond acceptors (Lipinski definition) is 4. The van der Waals surface area contributed by atoms with E-state index in [9.17, 15) is 4.79 Å². The second-order valence-corrected chi connectivity index (χ2v) is 5.25. The summed E-state index contributed by atoms with van der Waals surface area (Å²) in [5.74, 6) is 0.0756. The fraction of sp³-hybridized carbons (Fsp3) is 0.333. The molecule has 88 valence electrons. The quantitative estimate of drug-likeness (QED) is 0.831. The molecule has 1 N–H and O–H groups in total. The number of carbonyl (C=O) groups excluding carboxylic acids is 1. The van der Waals surface area contributed by atoms with Gasteiger partial charge in [0.05, 0.1) is 16.8 Å². The van der Waals surface area contributed by atoms with E-state index in [1.165, 1.54) is 10.3 Å². The third kappa shape index (κ3) is 1.98. The van der Waals surface area contributed by atoms with Crippen LogP contribution < -0.4 is 10.2 Å². The molecule has 17 heavy (non-hydrogen) atoms. The highest BCUT2D eigenvalue weighted by atomic mass is 32.1. The number of nitrogens with zero attached hydrogens (tertiary/aromatic N) is 2. The fourth-order valence-corrected chi connectivity index (χ4v) is 3.05. The summed E-state index contributed by atoms with van der Waals surface area (Å²) in [4.78, 5) is 18.0. The molecule has 5 heteroatoms. The Hall–Kier alpha value is -1.62. The van der Waals surface area contributed by atoms with Gasteiger partial charge in [-0.3, -0.25) is 4.79 Å². The van der Waals surface area contributed by atoms with E-state index in [1.807, 2.05) is 11.0 Å². The van der Waals surface area contributed by atoms with Crippen LogP contribution in [0.1, 0.15) is 5.56 Å². The lowest BCUT2D eigenvalue weighted by molar-refractivity contribution is -0.120. The van der Waals surface area contributed by atoms with E-state index < -0.39 is 0 Å². The lowest BCUT2D eigenvalue weighted by Gasteiger charge is -2.25. The van der Waals surface area contributed by atoms with E-state index in [0.29, 0.717) is 13.1 Å². The molecule has 1 aromatic carbocycles. The van der Waals surface area contributed by atoms with Crippen LogP contribution in [-0.2, 0) is 4.79 Å². The fourth-order valence-electron chi connectivity index (χ4n) is 1.96. The summed E-state index contributed by atoms with van der Waals surface area (Å²) in [5.41, 5.74) is 2.26. The van der Waals surface area contributed by atoms with Crippen LogP contribution in [0, 0.1) is 6.92 Å². The Morgan fingerprint density at radius 2 is 2.35 bits per heavy atom. The molecule has 0 radical (unpaired) electrons. The first-order valence-corrected chi connectivity index (χ1v) is 6.43. The van der Waals surface area contributed by atoms with Crippen molar-refractivity contribution < 1.29 is 4.79 Å². The Morgan fingerprint density at radius 3 is 3.18 bits per heavy atom. The Morgan fingerprint density at radius 1 is 1.47 bits per heavy atom. The van der Waals surface area contributed by atoms with Gasteiger partial charge in [-0.2, -0.15) is 0 Å². The summed E-state index contributed by atoms with van der Waals surface area (Å²) in [6.45, 7) is 4.03. The Bertz CT molecular complexity index is 578. The minimum atomic E-state index is 0.0756. The zero-order chi connectivity index (χ0) is 11.8. The lowest BCUT2D eigenvalue weighted by atomic mass is 10.2. The van der Waals surface area contributed by atoms with Gasteiger partial charge in [0.1, 0.15) is 0 Å². The number of nitrogens with one attached hydrogen (secondary N) is 1. The zero-order valence-electron chi connectivity index (χ0n) is 9.56. The number of piperazine rings is 1. The van der Waals surface area contributed by atoms with Gasteiger partial charge in [-0.25, -0.2) is 4.98 Å².